The number of anilines is 1. The van der Waals surface area contributed by atoms with E-state index in [-0.39, 0.29) is 18.1 Å². The van der Waals surface area contributed by atoms with Gasteiger partial charge in [-0.2, -0.15) is 13.2 Å². The first-order valence-corrected chi connectivity index (χ1v) is 10.6. The van der Waals surface area contributed by atoms with Crippen LogP contribution in [0.2, 0.25) is 0 Å². The first kappa shape index (κ1) is 23.8. The van der Waals surface area contributed by atoms with Crippen molar-refractivity contribution in [3.63, 3.8) is 0 Å². The Bertz CT molecular complexity index is 1100. The van der Waals surface area contributed by atoms with Crippen molar-refractivity contribution in [3.8, 4) is 0 Å². The average Bonchev–Trinajstić information content (AvgIpc) is 2.75. The minimum Gasteiger partial charge on any atom is -0.380 e. The highest BCUT2D eigenvalue weighted by molar-refractivity contribution is 5.81. The van der Waals surface area contributed by atoms with Gasteiger partial charge in [0.2, 0.25) is 0 Å². The molecule has 1 heterocycles. The van der Waals surface area contributed by atoms with Gasteiger partial charge in [0.1, 0.15) is 5.82 Å². The van der Waals surface area contributed by atoms with Crippen molar-refractivity contribution in [1.29, 1.82) is 0 Å². The van der Waals surface area contributed by atoms with Gasteiger partial charge in [0, 0.05) is 25.9 Å². The molecule has 2 aromatic carbocycles. The maximum Gasteiger partial charge on any atom is 0.390 e. The third-order valence-electron chi connectivity index (χ3n) is 5.43. The molecule has 0 fully saturated rings. The molecule has 1 aromatic heterocycles. The smallest absolute Gasteiger partial charge is 0.380 e. The van der Waals surface area contributed by atoms with E-state index in [1.165, 1.54) is 4.90 Å². The number of benzene rings is 2. The molecule has 0 radical (unpaired) electrons. The molecule has 172 valence electrons. The highest BCUT2D eigenvalue weighted by Crippen LogP contribution is 2.24. The predicted molar refractivity (Wildman–Crippen MR) is 120 cm³/mol. The van der Waals surface area contributed by atoms with Crippen LogP contribution >= 0.6 is 0 Å². The van der Waals surface area contributed by atoms with Gasteiger partial charge in [-0.1, -0.05) is 30.3 Å². The lowest BCUT2D eigenvalue weighted by Crippen LogP contribution is -2.32. The molecule has 0 unspecified atom stereocenters. The molecule has 0 aliphatic rings. The van der Waals surface area contributed by atoms with Crippen LogP contribution in [0.3, 0.4) is 0 Å². The molecule has 5 nitrogen and oxygen atoms in total. The van der Waals surface area contributed by atoms with E-state index in [0.29, 0.717) is 42.0 Å². The predicted octanol–water partition coefficient (Wildman–Crippen LogP) is 4.91. The Morgan fingerprint density at radius 3 is 2.53 bits per heavy atom. The Morgan fingerprint density at radius 2 is 1.88 bits per heavy atom. The number of ether oxygens (including phenoxy) is 1. The quantitative estimate of drug-likeness (QED) is 0.468. The molecule has 8 heteroatoms. The standard InChI is InChI=1S/C24H28F3N3O2/c1-4-32-16-20(14-18-8-6-5-7-9-18)30-17(2)28-22-11-10-19(15-21(22)23(30)31)29(3)13-12-24(25,26)27/h5-11,15,20H,4,12-14,16H2,1-3H3/t20-/m1/s1. The van der Waals surface area contributed by atoms with Crippen molar-refractivity contribution >= 4 is 16.6 Å². The molecule has 0 saturated carbocycles. The van der Waals surface area contributed by atoms with E-state index in [2.05, 4.69) is 4.98 Å². The molecule has 3 rings (SSSR count). The monoisotopic (exact) mass is 447 g/mol. The second kappa shape index (κ2) is 10.2. The van der Waals surface area contributed by atoms with Crippen LogP contribution in [-0.2, 0) is 11.2 Å². The largest absolute Gasteiger partial charge is 0.390 e. The fourth-order valence-electron chi connectivity index (χ4n) is 3.75. The number of hydrogen-bond donors (Lipinski definition) is 0. The Balaban J connectivity index is 2.00. The highest BCUT2D eigenvalue weighted by atomic mass is 19.4. The van der Waals surface area contributed by atoms with Crippen LogP contribution in [0.4, 0.5) is 18.9 Å². The number of hydrogen-bond acceptors (Lipinski definition) is 4. The summed E-state index contributed by atoms with van der Waals surface area (Å²) in [7, 11) is 1.58. The maximum atomic E-state index is 13.5. The number of rotatable bonds is 9. The van der Waals surface area contributed by atoms with Crippen molar-refractivity contribution in [1.82, 2.24) is 9.55 Å². The SMILES string of the molecule is CCOC[C@@H](Cc1ccccc1)n1c(C)nc2ccc(N(C)CCC(F)(F)F)cc2c1=O. The van der Waals surface area contributed by atoms with Crippen molar-refractivity contribution in [2.45, 2.75) is 38.9 Å². The fraction of sp³-hybridized carbons (Fsp3) is 0.417. The molecule has 0 amide bonds. The zero-order chi connectivity index (χ0) is 23.3. The Labute approximate surface area is 185 Å². The second-order valence-electron chi connectivity index (χ2n) is 7.83. The molecular formula is C24H28F3N3O2. The van der Waals surface area contributed by atoms with Gasteiger partial charge in [-0.15, -0.1) is 0 Å². The van der Waals surface area contributed by atoms with Crippen LogP contribution in [0, 0.1) is 6.92 Å². The number of aromatic nitrogens is 2. The molecule has 0 saturated heterocycles. The van der Waals surface area contributed by atoms with Gasteiger partial charge >= 0.3 is 6.18 Å². The zero-order valence-corrected chi connectivity index (χ0v) is 18.5. The molecule has 0 spiro atoms. The van der Waals surface area contributed by atoms with Gasteiger partial charge in [-0.05, 0) is 44.0 Å². The third-order valence-corrected chi connectivity index (χ3v) is 5.43. The Hall–Kier alpha value is -2.87. The first-order chi connectivity index (χ1) is 15.2. The summed E-state index contributed by atoms with van der Waals surface area (Å²) in [4.78, 5) is 19.6. The van der Waals surface area contributed by atoms with Gasteiger partial charge in [0.25, 0.3) is 5.56 Å². The molecule has 0 bridgehead atoms. The van der Waals surface area contributed by atoms with E-state index in [9.17, 15) is 18.0 Å². The number of alkyl halides is 3. The van der Waals surface area contributed by atoms with Gasteiger partial charge in [-0.3, -0.25) is 9.36 Å². The number of fused-ring (bicyclic) bond motifs is 1. The van der Waals surface area contributed by atoms with E-state index in [0.717, 1.165) is 5.56 Å². The summed E-state index contributed by atoms with van der Waals surface area (Å²) in [5.41, 5.74) is 1.91. The normalized spacial score (nSPS) is 12.8. The van der Waals surface area contributed by atoms with Crippen LogP contribution in [-0.4, -0.2) is 42.5 Å². The van der Waals surface area contributed by atoms with Gasteiger partial charge in [-0.25, -0.2) is 4.98 Å². The van der Waals surface area contributed by atoms with Crippen molar-refractivity contribution in [2.24, 2.45) is 0 Å². The Morgan fingerprint density at radius 1 is 1.16 bits per heavy atom. The lowest BCUT2D eigenvalue weighted by Gasteiger charge is -2.23. The van der Waals surface area contributed by atoms with Crippen LogP contribution in [0.5, 0.6) is 0 Å². The minimum atomic E-state index is -4.24. The first-order valence-electron chi connectivity index (χ1n) is 10.6. The molecular weight excluding hydrogens is 419 g/mol. The van der Waals surface area contributed by atoms with Crippen molar-refractivity contribution in [3.05, 3.63) is 70.3 Å². The number of aryl methyl sites for hydroxylation is 1. The molecule has 3 aromatic rings. The van der Waals surface area contributed by atoms with Gasteiger partial charge in [0.05, 0.1) is 30.0 Å². The fourth-order valence-corrected chi connectivity index (χ4v) is 3.75. The summed E-state index contributed by atoms with van der Waals surface area (Å²) in [6.45, 7) is 4.37. The molecule has 0 N–H and O–H groups in total. The minimum absolute atomic E-state index is 0.191. The van der Waals surface area contributed by atoms with Crippen molar-refractivity contribution < 1.29 is 17.9 Å². The number of nitrogens with zero attached hydrogens (tertiary/aromatic N) is 3. The van der Waals surface area contributed by atoms with Crippen LogP contribution in [0.15, 0.2) is 53.3 Å². The van der Waals surface area contributed by atoms with Crippen LogP contribution in [0.25, 0.3) is 10.9 Å². The summed E-state index contributed by atoms with van der Waals surface area (Å²) >= 11 is 0. The molecule has 0 aliphatic carbocycles. The Kier molecular flexibility index (Phi) is 7.56. The topological polar surface area (TPSA) is 47.4 Å². The van der Waals surface area contributed by atoms with E-state index < -0.39 is 12.6 Å². The van der Waals surface area contributed by atoms with E-state index >= 15 is 0 Å². The average molecular weight is 448 g/mol. The van der Waals surface area contributed by atoms with Crippen LogP contribution < -0.4 is 10.5 Å². The summed E-state index contributed by atoms with van der Waals surface area (Å²) < 4.78 is 45.2. The summed E-state index contributed by atoms with van der Waals surface area (Å²) in [6.07, 6.45) is -4.56. The zero-order valence-electron chi connectivity index (χ0n) is 18.5. The van der Waals surface area contributed by atoms with E-state index in [1.807, 2.05) is 37.3 Å². The van der Waals surface area contributed by atoms with Gasteiger partial charge < -0.3 is 9.64 Å². The molecule has 32 heavy (non-hydrogen) atoms. The lowest BCUT2D eigenvalue weighted by molar-refractivity contribution is -0.132. The summed E-state index contributed by atoms with van der Waals surface area (Å²) in [5, 5.41) is 0.376. The second-order valence-corrected chi connectivity index (χ2v) is 7.83. The number of halogens is 3. The maximum absolute atomic E-state index is 13.5. The van der Waals surface area contributed by atoms with E-state index in [4.69, 9.17) is 4.74 Å². The van der Waals surface area contributed by atoms with E-state index in [1.54, 1.807) is 36.7 Å². The summed E-state index contributed by atoms with van der Waals surface area (Å²) in [6, 6.07) is 14.6. The summed E-state index contributed by atoms with van der Waals surface area (Å²) in [5.74, 6) is 0.571. The molecule has 1 atom stereocenters. The van der Waals surface area contributed by atoms with Gasteiger partial charge in [0.15, 0.2) is 0 Å². The van der Waals surface area contributed by atoms with Crippen molar-refractivity contribution in [2.75, 3.05) is 31.7 Å². The third kappa shape index (κ3) is 5.88. The van der Waals surface area contributed by atoms with Crippen LogP contribution in [0.1, 0.15) is 30.8 Å². The lowest BCUT2D eigenvalue weighted by atomic mass is 10.1. The highest BCUT2D eigenvalue weighted by Gasteiger charge is 2.27. The molecule has 0 aliphatic heterocycles.